The number of hydrogen-bond donors (Lipinski definition) is 0. The van der Waals surface area contributed by atoms with E-state index in [1.165, 1.54) is 26.0 Å². The van der Waals surface area contributed by atoms with Crippen LogP contribution in [0.15, 0.2) is 12.2 Å². The summed E-state index contributed by atoms with van der Waals surface area (Å²) in [5.74, 6) is -0.690. The van der Waals surface area contributed by atoms with Gasteiger partial charge in [-0.25, -0.2) is 0 Å². The molecule has 2 rings (SSSR count). The number of hydrogen-bond acceptors (Lipinski definition) is 6. The highest BCUT2D eigenvalue weighted by Crippen LogP contribution is 2.43. The van der Waals surface area contributed by atoms with Gasteiger partial charge in [0.1, 0.15) is 6.10 Å². The van der Waals surface area contributed by atoms with Gasteiger partial charge in [-0.1, -0.05) is 34.8 Å². The van der Waals surface area contributed by atoms with Gasteiger partial charge in [0.05, 0.1) is 0 Å². The van der Waals surface area contributed by atoms with Crippen molar-refractivity contribution in [1.29, 1.82) is 0 Å². The van der Waals surface area contributed by atoms with Gasteiger partial charge >= 0.3 is 5.97 Å². The summed E-state index contributed by atoms with van der Waals surface area (Å²) >= 11 is 17.1. The van der Waals surface area contributed by atoms with Crippen molar-refractivity contribution in [1.82, 2.24) is 0 Å². The summed E-state index contributed by atoms with van der Waals surface area (Å²) in [6.07, 6.45) is -1.40. The molecule has 0 radical (unpaired) electrons. The number of alkyl halides is 3. The number of halogens is 3. The van der Waals surface area contributed by atoms with E-state index in [-0.39, 0.29) is 5.78 Å². The summed E-state index contributed by atoms with van der Waals surface area (Å²) < 4.78 is 19.7. The summed E-state index contributed by atoms with van der Waals surface area (Å²) in [4.78, 5) is 22.2. The molecule has 21 heavy (non-hydrogen) atoms. The smallest absolute Gasteiger partial charge is 0.303 e. The van der Waals surface area contributed by atoms with Gasteiger partial charge in [0, 0.05) is 6.92 Å². The fourth-order valence-corrected chi connectivity index (χ4v) is 2.37. The summed E-state index contributed by atoms with van der Waals surface area (Å²) in [6.45, 7) is 2.64. The number of rotatable bonds is 3. The largest absolute Gasteiger partial charge is 0.456 e. The highest BCUT2D eigenvalue weighted by molar-refractivity contribution is 6.67. The van der Waals surface area contributed by atoms with Crippen molar-refractivity contribution in [2.75, 3.05) is 0 Å². The van der Waals surface area contributed by atoms with Gasteiger partial charge < -0.3 is 18.9 Å². The molecule has 0 spiro atoms. The Morgan fingerprint density at radius 1 is 1.14 bits per heavy atom. The molecule has 0 aromatic heterocycles. The zero-order valence-electron chi connectivity index (χ0n) is 11.1. The van der Waals surface area contributed by atoms with Gasteiger partial charge in [-0.05, 0) is 19.1 Å². The van der Waals surface area contributed by atoms with E-state index in [1.807, 2.05) is 0 Å². The Balaban J connectivity index is 2.13. The summed E-state index contributed by atoms with van der Waals surface area (Å²) in [6, 6.07) is 0. The Bertz CT molecular complexity index is 460. The van der Waals surface area contributed by atoms with Crippen LogP contribution < -0.4 is 0 Å². The number of ketones is 1. The van der Waals surface area contributed by atoms with Crippen molar-refractivity contribution in [2.45, 2.75) is 48.5 Å². The highest BCUT2D eigenvalue weighted by Gasteiger charge is 2.57. The summed E-state index contributed by atoms with van der Waals surface area (Å²) in [5.41, 5.74) is 0. The van der Waals surface area contributed by atoms with Crippen LogP contribution >= 0.6 is 34.8 Å². The molecule has 0 amide bonds. The van der Waals surface area contributed by atoms with E-state index < -0.39 is 40.7 Å². The first kappa shape index (κ1) is 17.0. The van der Waals surface area contributed by atoms with Gasteiger partial charge in [-0.15, -0.1) is 0 Å². The number of allylic oxidation sites excluding steroid dienone is 1. The Morgan fingerprint density at radius 3 is 2.33 bits per heavy atom. The third kappa shape index (κ3) is 4.09. The van der Waals surface area contributed by atoms with Crippen molar-refractivity contribution in [3.05, 3.63) is 12.2 Å². The van der Waals surface area contributed by atoms with Crippen molar-refractivity contribution < 1.29 is 28.5 Å². The molecule has 0 aromatic rings. The van der Waals surface area contributed by atoms with Crippen LogP contribution in [0.4, 0.5) is 0 Å². The summed E-state index contributed by atoms with van der Waals surface area (Å²) in [7, 11) is 0. The molecule has 118 valence electrons. The van der Waals surface area contributed by atoms with E-state index in [9.17, 15) is 9.59 Å². The normalized spacial score (nSPS) is 36.0. The zero-order valence-corrected chi connectivity index (χ0v) is 13.4. The van der Waals surface area contributed by atoms with Crippen LogP contribution in [0.25, 0.3) is 0 Å². The van der Waals surface area contributed by atoms with Gasteiger partial charge in [0.2, 0.25) is 10.1 Å². The second kappa shape index (κ2) is 6.40. The molecule has 2 heterocycles. The zero-order chi connectivity index (χ0) is 15.8. The molecular formula is C12H13Cl3O6. The lowest BCUT2D eigenvalue weighted by atomic mass is 10.1. The maximum absolute atomic E-state index is 11.2. The molecule has 5 atom stereocenters. The Labute approximate surface area is 136 Å². The van der Waals surface area contributed by atoms with Crippen LogP contribution in [0.2, 0.25) is 0 Å². The molecule has 0 bridgehead atoms. The lowest BCUT2D eigenvalue weighted by Gasteiger charge is -2.23. The fraction of sp³-hybridized carbons (Fsp3) is 0.667. The predicted octanol–water partition coefficient (Wildman–Crippen LogP) is 1.90. The lowest BCUT2D eigenvalue weighted by molar-refractivity contribution is -0.171. The van der Waals surface area contributed by atoms with Crippen LogP contribution in [0.3, 0.4) is 0 Å². The van der Waals surface area contributed by atoms with Crippen LogP contribution in [0, 0.1) is 0 Å². The molecule has 0 aromatic carbocycles. The minimum absolute atomic E-state index is 0.168. The number of ether oxygens (including phenoxy) is 4. The first-order valence-electron chi connectivity index (χ1n) is 6.07. The Hall–Kier alpha value is -0.370. The van der Waals surface area contributed by atoms with Crippen molar-refractivity contribution >= 4 is 46.6 Å². The van der Waals surface area contributed by atoms with Gasteiger partial charge in [-0.2, -0.15) is 0 Å². The predicted molar refractivity (Wildman–Crippen MR) is 74.1 cm³/mol. The highest BCUT2D eigenvalue weighted by atomic mass is 35.6. The number of carbonyl (C=O) groups excluding carboxylic acids is 2. The van der Waals surface area contributed by atoms with E-state index >= 15 is 0 Å². The number of carbonyl (C=O) groups is 2. The molecular weight excluding hydrogens is 346 g/mol. The SMILES string of the molecule is CC(=O)/C=C/[C@H]1O[C@@H]2O[C@@H](C(Cl)(Cl)Cl)O[C@@H]2[C@H]1OC(C)=O. The van der Waals surface area contributed by atoms with Gasteiger partial charge in [0.15, 0.2) is 24.3 Å². The molecule has 9 heteroatoms. The molecule has 2 aliphatic rings. The molecule has 2 fully saturated rings. The monoisotopic (exact) mass is 358 g/mol. The first-order chi connectivity index (χ1) is 9.68. The van der Waals surface area contributed by atoms with Crippen LogP contribution in [0.5, 0.6) is 0 Å². The van der Waals surface area contributed by atoms with Crippen LogP contribution in [-0.2, 0) is 28.5 Å². The van der Waals surface area contributed by atoms with Gasteiger partial charge in [-0.3, -0.25) is 9.59 Å². The number of fused-ring (bicyclic) bond motifs is 1. The standard InChI is InChI=1S/C12H13Cl3O6/c1-5(16)3-4-7-8(18-6(2)17)9-10(19-7)21-11(20-9)12(13,14)15/h3-4,7-11H,1-2H3/b4-3+/t7-,8+,9-,10-,11+/m1/s1. The van der Waals surface area contributed by atoms with Gasteiger partial charge in [0.25, 0.3) is 0 Å². The van der Waals surface area contributed by atoms with E-state index in [2.05, 4.69) is 0 Å². The van der Waals surface area contributed by atoms with Crippen LogP contribution in [-0.4, -0.2) is 46.4 Å². The third-order valence-electron chi connectivity index (χ3n) is 2.84. The average Bonchev–Trinajstić information content (AvgIpc) is 2.85. The maximum atomic E-state index is 11.2. The molecule has 2 aliphatic heterocycles. The quantitative estimate of drug-likeness (QED) is 0.435. The van der Waals surface area contributed by atoms with E-state index in [1.54, 1.807) is 0 Å². The molecule has 6 nitrogen and oxygen atoms in total. The second-order valence-corrected chi connectivity index (χ2v) is 6.99. The lowest BCUT2D eigenvalue weighted by Crippen LogP contribution is -2.37. The van der Waals surface area contributed by atoms with Crippen molar-refractivity contribution in [3.63, 3.8) is 0 Å². The second-order valence-electron chi connectivity index (χ2n) is 4.62. The van der Waals surface area contributed by atoms with Crippen molar-refractivity contribution in [3.8, 4) is 0 Å². The topological polar surface area (TPSA) is 71.1 Å². The molecule has 0 aliphatic carbocycles. The average molecular weight is 360 g/mol. The number of esters is 1. The van der Waals surface area contributed by atoms with E-state index in [0.29, 0.717) is 0 Å². The van der Waals surface area contributed by atoms with E-state index in [4.69, 9.17) is 53.8 Å². The third-order valence-corrected chi connectivity index (χ3v) is 3.37. The molecule has 2 saturated heterocycles. The first-order valence-corrected chi connectivity index (χ1v) is 7.21. The van der Waals surface area contributed by atoms with Crippen LogP contribution in [0.1, 0.15) is 13.8 Å². The minimum Gasteiger partial charge on any atom is -0.456 e. The Morgan fingerprint density at radius 2 is 1.81 bits per heavy atom. The van der Waals surface area contributed by atoms with E-state index in [0.717, 1.165) is 0 Å². The fourth-order valence-electron chi connectivity index (χ4n) is 2.06. The summed E-state index contributed by atoms with van der Waals surface area (Å²) in [5, 5.41) is 0. The maximum Gasteiger partial charge on any atom is 0.303 e. The molecule has 0 unspecified atom stereocenters. The van der Waals surface area contributed by atoms with Crippen molar-refractivity contribution in [2.24, 2.45) is 0 Å². The Kier molecular flexibility index (Phi) is 5.18. The minimum atomic E-state index is -1.79. The molecule has 0 saturated carbocycles. The molecule has 0 N–H and O–H groups in total.